The molecule has 0 heterocycles. The van der Waals surface area contributed by atoms with E-state index in [1.54, 1.807) is 6.92 Å². The third kappa shape index (κ3) is 38.0. The van der Waals surface area contributed by atoms with Crippen LogP contribution in [0.1, 0.15) is 201 Å². The van der Waals surface area contributed by atoms with E-state index in [9.17, 15) is 19.0 Å². The molecule has 1 N–H and O–H groups in total. The van der Waals surface area contributed by atoms with Crippen molar-refractivity contribution in [3.05, 3.63) is 36.5 Å². The lowest BCUT2D eigenvalue weighted by Crippen LogP contribution is -2.29. The zero-order valence-corrected chi connectivity index (χ0v) is 34.6. The highest BCUT2D eigenvalue weighted by atomic mass is 31.2. The Labute approximate surface area is 319 Å². The van der Waals surface area contributed by atoms with Gasteiger partial charge in [0.15, 0.2) is 6.10 Å². The average molecular weight is 755 g/mol. The van der Waals surface area contributed by atoms with Crippen LogP contribution in [0.15, 0.2) is 36.5 Å². The molecule has 0 amide bonds. The second-order valence-corrected chi connectivity index (χ2v) is 15.5. The van der Waals surface area contributed by atoms with Crippen molar-refractivity contribution in [3.8, 4) is 0 Å². The van der Waals surface area contributed by atoms with Crippen molar-refractivity contribution < 1.29 is 37.6 Å². The SMILES string of the molecule is CCCCCC/C=C\C/C=C\CCCCCCCCCC(=O)OC(COC(=O)CCCCCCC/C=C\CCCCCCC)COP(=O)(O)OCC. The Bertz CT molecular complexity index is 947. The first-order chi connectivity index (χ1) is 25.3. The number of ether oxygens (including phenoxy) is 2. The first-order valence-corrected chi connectivity index (χ1v) is 22.8. The fourth-order valence-corrected chi connectivity index (χ4v) is 6.53. The van der Waals surface area contributed by atoms with E-state index in [-0.39, 0.29) is 32.0 Å². The highest BCUT2D eigenvalue weighted by Crippen LogP contribution is 2.43. The van der Waals surface area contributed by atoms with E-state index in [2.05, 4.69) is 50.3 Å². The molecule has 0 saturated heterocycles. The summed E-state index contributed by atoms with van der Waals surface area (Å²) in [5, 5.41) is 0. The maximum atomic E-state index is 12.5. The number of phosphoric ester groups is 1. The first-order valence-electron chi connectivity index (χ1n) is 21.3. The third-order valence-electron chi connectivity index (χ3n) is 8.92. The number of phosphoric acid groups is 1. The third-order valence-corrected chi connectivity index (χ3v) is 9.98. The van der Waals surface area contributed by atoms with Crippen molar-refractivity contribution in [1.82, 2.24) is 0 Å². The number of carbonyl (C=O) groups excluding carboxylic acids is 2. The molecule has 0 fully saturated rings. The number of allylic oxidation sites excluding steroid dienone is 6. The summed E-state index contributed by atoms with van der Waals surface area (Å²) < 4.78 is 32.6. The molecule has 8 nitrogen and oxygen atoms in total. The van der Waals surface area contributed by atoms with Crippen molar-refractivity contribution >= 4 is 19.8 Å². The maximum Gasteiger partial charge on any atom is 0.472 e. The zero-order valence-electron chi connectivity index (χ0n) is 33.7. The molecule has 2 atom stereocenters. The molecule has 0 aliphatic rings. The minimum Gasteiger partial charge on any atom is -0.462 e. The van der Waals surface area contributed by atoms with Crippen LogP contribution in [0.5, 0.6) is 0 Å². The molecule has 0 rings (SSSR count). The Kier molecular flexibility index (Phi) is 37.7. The van der Waals surface area contributed by atoms with Crippen molar-refractivity contribution in [2.75, 3.05) is 19.8 Å². The molecular weight excluding hydrogens is 675 g/mol. The van der Waals surface area contributed by atoms with Gasteiger partial charge in [-0.2, -0.15) is 0 Å². The number of esters is 2. The molecular formula is C43H79O8P. The highest BCUT2D eigenvalue weighted by Gasteiger charge is 2.25. The second kappa shape index (κ2) is 39.0. The van der Waals surface area contributed by atoms with Gasteiger partial charge in [-0.05, 0) is 77.6 Å². The van der Waals surface area contributed by atoms with Crippen LogP contribution >= 0.6 is 7.82 Å². The first kappa shape index (κ1) is 50.3. The number of rotatable bonds is 39. The monoisotopic (exact) mass is 755 g/mol. The summed E-state index contributed by atoms with van der Waals surface area (Å²) in [6, 6.07) is 0. The fourth-order valence-electron chi connectivity index (χ4n) is 5.77. The van der Waals surface area contributed by atoms with E-state index >= 15 is 0 Å². The van der Waals surface area contributed by atoms with E-state index in [0.717, 1.165) is 70.6 Å². The lowest BCUT2D eigenvalue weighted by Gasteiger charge is -2.19. The number of carbonyl (C=O) groups is 2. The van der Waals surface area contributed by atoms with Gasteiger partial charge in [-0.3, -0.25) is 18.6 Å². The molecule has 0 aromatic carbocycles. The van der Waals surface area contributed by atoms with Crippen LogP contribution in [0.2, 0.25) is 0 Å². The second-order valence-electron chi connectivity index (χ2n) is 14.0. The van der Waals surface area contributed by atoms with Gasteiger partial charge in [0.1, 0.15) is 6.61 Å². The van der Waals surface area contributed by atoms with E-state index < -0.39 is 26.5 Å². The molecule has 0 spiro atoms. The Balaban J connectivity index is 4.11. The van der Waals surface area contributed by atoms with Crippen molar-refractivity contribution in [2.45, 2.75) is 207 Å². The number of hydrogen-bond donors (Lipinski definition) is 1. The summed E-state index contributed by atoms with van der Waals surface area (Å²) in [6.45, 7) is 5.43. The Morgan fingerprint density at radius 3 is 1.40 bits per heavy atom. The molecule has 304 valence electrons. The van der Waals surface area contributed by atoms with Crippen molar-refractivity contribution in [1.29, 1.82) is 0 Å². The van der Waals surface area contributed by atoms with Gasteiger partial charge in [0.05, 0.1) is 13.2 Å². The molecule has 0 aliphatic heterocycles. The van der Waals surface area contributed by atoms with Gasteiger partial charge < -0.3 is 14.4 Å². The number of hydrogen-bond acceptors (Lipinski definition) is 7. The predicted molar refractivity (Wildman–Crippen MR) is 216 cm³/mol. The standard InChI is InChI=1S/C43H79O8P/c1-4-7-9-11-13-15-17-19-21-22-23-24-26-28-30-32-34-36-38-43(45)51-41(40-50-52(46,47)49-6-3)39-48-42(44)37-35-33-31-29-27-25-20-18-16-14-12-10-8-5-2/h15,17-18,20-22,41H,4-14,16,19,23-40H2,1-3H3,(H,46,47)/b17-15-,20-18-,22-21-. The Morgan fingerprint density at radius 2 is 0.923 bits per heavy atom. The predicted octanol–water partition coefficient (Wildman–Crippen LogP) is 13.2. The van der Waals surface area contributed by atoms with Gasteiger partial charge in [0.25, 0.3) is 0 Å². The van der Waals surface area contributed by atoms with Crippen LogP contribution in [0.4, 0.5) is 0 Å². The van der Waals surface area contributed by atoms with Gasteiger partial charge in [-0.15, -0.1) is 0 Å². The quantitative estimate of drug-likeness (QED) is 0.0286. The van der Waals surface area contributed by atoms with Crippen LogP contribution < -0.4 is 0 Å². The van der Waals surface area contributed by atoms with Gasteiger partial charge in [-0.25, -0.2) is 4.57 Å². The van der Waals surface area contributed by atoms with Gasteiger partial charge in [-0.1, -0.05) is 147 Å². The summed E-state index contributed by atoms with van der Waals surface area (Å²) in [6.07, 6.45) is 43.3. The minimum atomic E-state index is -4.28. The molecule has 9 heteroatoms. The molecule has 0 bridgehead atoms. The average Bonchev–Trinajstić information content (AvgIpc) is 3.12. The maximum absolute atomic E-state index is 12.5. The van der Waals surface area contributed by atoms with Crippen molar-refractivity contribution in [2.24, 2.45) is 0 Å². The zero-order chi connectivity index (χ0) is 38.2. The fraction of sp³-hybridized carbons (Fsp3) is 0.814. The lowest BCUT2D eigenvalue weighted by molar-refractivity contribution is -0.161. The highest BCUT2D eigenvalue weighted by molar-refractivity contribution is 7.47. The van der Waals surface area contributed by atoms with Crippen LogP contribution in [-0.4, -0.2) is 42.8 Å². The lowest BCUT2D eigenvalue weighted by atomic mass is 10.1. The van der Waals surface area contributed by atoms with E-state index in [4.69, 9.17) is 18.5 Å². The van der Waals surface area contributed by atoms with E-state index in [0.29, 0.717) is 6.42 Å². The summed E-state index contributed by atoms with van der Waals surface area (Å²) in [7, 11) is -4.28. The largest absolute Gasteiger partial charge is 0.472 e. The summed E-state index contributed by atoms with van der Waals surface area (Å²) in [5.74, 6) is -0.814. The van der Waals surface area contributed by atoms with Crippen LogP contribution in [0, 0.1) is 0 Å². The van der Waals surface area contributed by atoms with Crippen molar-refractivity contribution in [3.63, 3.8) is 0 Å². The van der Waals surface area contributed by atoms with Gasteiger partial charge in [0.2, 0.25) is 0 Å². The van der Waals surface area contributed by atoms with E-state index in [1.165, 1.54) is 89.9 Å². The topological polar surface area (TPSA) is 108 Å². The molecule has 0 aromatic heterocycles. The Morgan fingerprint density at radius 1 is 0.519 bits per heavy atom. The van der Waals surface area contributed by atoms with Crippen LogP contribution in [0.3, 0.4) is 0 Å². The molecule has 0 radical (unpaired) electrons. The molecule has 0 aliphatic carbocycles. The van der Waals surface area contributed by atoms with E-state index in [1.807, 2.05) is 0 Å². The molecule has 2 unspecified atom stereocenters. The smallest absolute Gasteiger partial charge is 0.462 e. The van der Waals surface area contributed by atoms with Crippen LogP contribution in [0.25, 0.3) is 0 Å². The van der Waals surface area contributed by atoms with Crippen LogP contribution in [-0.2, 0) is 32.7 Å². The molecule has 0 saturated carbocycles. The Hall–Kier alpha value is -1.73. The summed E-state index contributed by atoms with van der Waals surface area (Å²) in [5.41, 5.74) is 0. The molecule has 0 aromatic rings. The summed E-state index contributed by atoms with van der Waals surface area (Å²) >= 11 is 0. The normalized spacial score (nSPS) is 13.7. The minimum absolute atomic E-state index is 0.00265. The van der Waals surface area contributed by atoms with Gasteiger partial charge in [0, 0.05) is 12.8 Å². The summed E-state index contributed by atoms with van der Waals surface area (Å²) in [4.78, 5) is 34.7. The molecule has 52 heavy (non-hydrogen) atoms. The van der Waals surface area contributed by atoms with Gasteiger partial charge >= 0.3 is 19.8 Å². The number of unbranched alkanes of at least 4 members (excludes halogenated alkanes) is 21.